The lowest BCUT2D eigenvalue weighted by Gasteiger charge is -2.15. The predicted octanol–water partition coefficient (Wildman–Crippen LogP) is 4.40. The molecule has 1 aromatic carbocycles. The van der Waals surface area contributed by atoms with Gasteiger partial charge in [0.15, 0.2) is 0 Å². The van der Waals surface area contributed by atoms with Crippen molar-refractivity contribution in [3.8, 4) is 5.75 Å². The fourth-order valence-corrected chi connectivity index (χ4v) is 2.47. The maximum atomic E-state index is 10.4. The molecular formula is C17H24O2. The van der Waals surface area contributed by atoms with Gasteiger partial charge in [-0.3, -0.25) is 0 Å². The minimum Gasteiger partial charge on any atom is -0.494 e. The van der Waals surface area contributed by atoms with Crippen LogP contribution in [0.1, 0.15) is 57.1 Å². The van der Waals surface area contributed by atoms with Crippen LogP contribution in [0, 0.1) is 0 Å². The van der Waals surface area contributed by atoms with Crippen molar-refractivity contribution in [3.63, 3.8) is 0 Å². The normalized spacial score (nSPS) is 17.5. The molecule has 1 aliphatic rings. The molecule has 2 rings (SSSR count). The minimum absolute atomic E-state index is 0.446. The Hall–Kier alpha value is -1.28. The Morgan fingerprint density at radius 2 is 1.95 bits per heavy atom. The summed E-state index contributed by atoms with van der Waals surface area (Å²) >= 11 is 0. The minimum atomic E-state index is -0.446. The molecule has 0 aliphatic heterocycles. The summed E-state index contributed by atoms with van der Waals surface area (Å²) in [5.74, 6) is 0.882. The average molecular weight is 260 g/mol. The van der Waals surface area contributed by atoms with Gasteiger partial charge in [-0.1, -0.05) is 31.6 Å². The van der Waals surface area contributed by atoms with Crippen molar-refractivity contribution in [2.75, 3.05) is 6.61 Å². The Bertz CT molecular complexity index is 406. The third-order valence-corrected chi connectivity index (χ3v) is 3.60. The highest BCUT2D eigenvalue weighted by molar-refractivity contribution is 5.32. The summed E-state index contributed by atoms with van der Waals surface area (Å²) in [5, 5.41) is 10.4. The molecule has 2 nitrogen and oxygen atoms in total. The maximum absolute atomic E-state index is 10.4. The van der Waals surface area contributed by atoms with Crippen LogP contribution in [-0.4, -0.2) is 11.7 Å². The second kappa shape index (κ2) is 7.34. The van der Waals surface area contributed by atoms with Crippen molar-refractivity contribution in [3.05, 3.63) is 41.5 Å². The first kappa shape index (κ1) is 14.1. The van der Waals surface area contributed by atoms with Crippen LogP contribution >= 0.6 is 0 Å². The molecule has 0 heterocycles. The van der Waals surface area contributed by atoms with Crippen molar-refractivity contribution in [2.45, 2.75) is 51.6 Å². The van der Waals surface area contributed by atoms with E-state index in [1.807, 2.05) is 24.3 Å². The third kappa shape index (κ3) is 4.10. The molecule has 0 fully saturated rings. The summed E-state index contributed by atoms with van der Waals surface area (Å²) in [4.78, 5) is 0. The molecule has 1 unspecified atom stereocenters. The van der Waals surface area contributed by atoms with Crippen LogP contribution in [0.15, 0.2) is 35.9 Å². The number of rotatable bonds is 5. The smallest absolute Gasteiger partial charge is 0.119 e. The van der Waals surface area contributed by atoms with Crippen molar-refractivity contribution in [1.29, 1.82) is 0 Å². The Morgan fingerprint density at radius 1 is 1.16 bits per heavy atom. The van der Waals surface area contributed by atoms with E-state index in [0.29, 0.717) is 0 Å². The fraction of sp³-hybridized carbons (Fsp3) is 0.529. The van der Waals surface area contributed by atoms with Gasteiger partial charge in [0, 0.05) is 0 Å². The van der Waals surface area contributed by atoms with Crippen LogP contribution in [0.25, 0.3) is 0 Å². The van der Waals surface area contributed by atoms with Gasteiger partial charge >= 0.3 is 0 Å². The zero-order chi connectivity index (χ0) is 13.5. The number of benzene rings is 1. The SMILES string of the molecule is CCCOc1ccc(C(O)C2=CCCCCC2)cc1. The number of allylic oxidation sites excluding steroid dienone is 1. The first-order valence-electron chi connectivity index (χ1n) is 7.41. The Balaban J connectivity index is 2.02. The molecule has 1 N–H and O–H groups in total. The summed E-state index contributed by atoms with van der Waals surface area (Å²) < 4.78 is 5.56. The maximum Gasteiger partial charge on any atom is 0.119 e. The zero-order valence-electron chi connectivity index (χ0n) is 11.8. The van der Waals surface area contributed by atoms with E-state index >= 15 is 0 Å². The van der Waals surface area contributed by atoms with Gasteiger partial charge in [-0.05, 0) is 55.4 Å². The highest BCUT2D eigenvalue weighted by Crippen LogP contribution is 2.29. The number of aliphatic hydroxyl groups excluding tert-OH is 1. The highest BCUT2D eigenvalue weighted by atomic mass is 16.5. The lowest BCUT2D eigenvalue weighted by Crippen LogP contribution is -2.02. The van der Waals surface area contributed by atoms with E-state index in [1.54, 1.807) is 0 Å². The molecule has 19 heavy (non-hydrogen) atoms. The van der Waals surface area contributed by atoms with Crippen LogP contribution < -0.4 is 4.74 Å². The number of hydrogen-bond donors (Lipinski definition) is 1. The number of hydrogen-bond acceptors (Lipinski definition) is 2. The molecule has 0 bridgehead atoms. The Labute approximate surface area is 116 Å². The summed E-state index contributed by atoms with van der Waals surface area (Å²) in [6, 6.07) is 7.85. The lowest BCUT2D eigenvalue weighted by molar-refractivity contribution is 0.210. The average Bonchev–Trinajstić information content (AvgIpc) is 2.74. The molecule has 2 heteroatoms. The number of ether oxygens (including phenoxy) is 1. The van der Waals surface area contributed by atoms with Gasteiger partial charge in [0.1, 0.15) is 11.9 Å². The molecule has 0 radical (unpaired) electrons. The van der Waals surface area contributed by atoms with Gasteiger partial charge in [0.25, 0.3) is 0 Å². The van der Waals surface area contributed by atoms with Gasteiger partial charge in [0.05, 0.1) is 6.61 Å². The van der Waals surface area contributed by atoms with E-state index in [0.717, 1.165) is 37.2 Å². The lowest BCUT2D eigenvalue weighted by atomic mass is 9.98. The second-order valence-corrected chi connectivity index (χ2v) is 5.20. The third-order valence-electron chi connectivity index (χ3n) is 3.60. The molecule has 0 saturated heterocycles. The Morgan fingerprint density at radius 3 is 2.68 bits per heavy atom. The van der Waals surface area contributed by atoms with E-state index in [9.17, 15) is 5.11 Å². The Kier molecular flexibility index (Phi) is 5.46. The summed E-state index contributed by atoms with van der Waals surface area (Å²) in [5.41, 5.74) is 2.15. The molecule has 0 aromatic heterocycles. The van der Waals surface area contributed by atoms with Crippen LogP contribution in [0.5, 0.6) is 5.75 Å². The quantitative estimate of drug-likeness (QED) is 0.795. The molecule has 0 spiro atoms. The van der Waals surface area contributed by atoms with Crippen LogP contribution in [0.4, 0.5) is 0 Å². The van der Waals surface area contributed by atoms with Crippen molar-refractivity contribution >= 4 is 0 Å². The largest absolute Gasteiger partial charge is 0.494 e. The number of aliphatic hydroxyl groups is 1. The molecule has 1 atom stereocenters. The van der Waals surface area contributed by atoms with Crippen LogP contribution in [0.3, 0.4) is 0 Å². The summed E-state index contributed by atoms with van der Waals surface area (Å²) in [6.07, 6.45) is 8.63. The molecular weight excluding hydrogens is 236 g/mol. The van der Waals surface area contributed by atoms with E-state index in [2.05, 4.69) is 13.0 Å². The van der Waals surface area contributed by atoms with Crippen LogP contribution in [-0.2, 0) is 0 Å². The monoisotopic (exact) mass is 260 g/mol. The highest BCUT2D eigenvalue weighted by Gasteiger charge is 2.14. The van der Waals surface area contributed by atoms with Crippen molar-refractivity contribution in [2.24, 2.45) is 0 Å². The van der Waals surface area contributed by atoms with Gasteiger partial charge < -0.3 is 9.84 Å². The van der Waals surface area contributed by atoms with Gasteiger partial charge in [0.2, 0.25) is 0 Å². The van der Waals surface area contributed by atoms with Crippen molar-refractivity contribution in [1.82, 2.24) is 0 Å². The molecule has 0 saturated carbocycles. The summed E-state index contributed by atoms with van der Waals surface area (Å²) in [6.45, 7) is 2.84. The fourth-order valence-electron chi connectivity index (χ4n) is 2.47. The first-order valence-corrected chi connectivity index (χ1v) is 7.41. The predicted molar refractivity (Wildman–Crippen MR) is 78.4 cm³/mol. The van der Waals surface area contributed by atoms with Gasteiger partial charge in [-0.25, -0.2) is 0 Å². The van der Waals surface area contributed by atoms with E-state index < -0.39 is 6.10 Å². The van der Waals surface area contributed by atoms with E-state index in [4.69, 9.17) is 4.74 Å². The van der Waals surface area contributed by atoms with Crippen LogP contribution in [0.2, 0.25) is 0 Å². The van der Waals surface area contributed by atoms with Gasteiger partial charge in [-0.2, -0.15) is 0 Å². The molecule has 0 amide bonds. The first-order chi connectivity index (χ1) is 9.31. The van der Waals surface area contributed by atoms with Crippen molar-refractivity contribution < 1.29 is 9.84 Å². The van der Waals surface area contributed by atoms with E-state index in [1.165, 1.54) is 24.8 Å². The second-order valence-electron chi connectivity index (χ2n) is 5.20. The summed E-state index contributed by atoms with van der Waals surface area (Å²) in [7, 11) is 0. The van der Waals surface area contributed by atoms with E-state index in [-0.39, 0.29) is 0 Å². The molecule has 1 aliphatic carbocycles. The zero-order valence-corrected chi connectivity index (χ0v) is 11.8. The molecule has 104 valence electrons. The standard InChI is InChI=1S/C17H24O2/c1-2-13-19-16-11-9-15(10-12-16)17(18)14-7-5-3-4-6-8-14/h7,9-12,17-18H,2-6,8,13H2,1H3. The molecule has 1 aromatic rings. The van der Waals surface area contributed by atoms with Gasteiger partial charge in [-0.15, -0.1) is 0 Å². The topological polar surface area (TPSA) is 29.5 Å².